The third-order valence-corrected chi connectivity index (χ3v) is 8.16. The fourth-order valence-electron chi connectivity index (χ4n) is 4.82. The normalized spacial score (nSPS) is 12.0. The van der Waals surface area contributed by atoms with Crippen LogP contribution in [0.2, 0.25) is 0 Å². The van der Waals surface area contributed by atoms with Gasteiger partial charge in [0.15, 0.2) is 0 Å². The zero-order valence-electron chi connectivity index (χ0n) is 24.6. The van der Waals surface area contributed by atoms with Crippen molar-refractivity contribution in [2.45, 2.75) is 71.6 Å². The first kappa shape index (κ1) is 32.8. The number of carbonyl (C=O) groups excluding carboxylic acids is 1. The maximum Gasteiger partial charge on any atom is 0.336 e. The van der Waals surface area contributed by atoms with Gasteiger partial charge < -0.3 is 14.9 Å². The molecule has 0 aliphatic rings. The smallest absolute Gasteiger partial charge is 0.336 e. The summed E-state index contributed by atoms with van der Waals surface area (Å²) in [6.45, 7) is 8.37. The van der Waals surface area contributed by atoms with Crippen molar-refractivity contribution in [3.8, 4) is 17.1 Å². The second-order valence-corrected chi connectivity index (χ2v) is 11.7. The van der Waals surface area contributed by atoms with E-state index in [0.717, 1.165) is 11.4 Å². The van der Waals surface area contributed by atoms with E-state index in [-0.39, 0.29) is 41.9 Å². The minimum atomic E-state index is -1.09. The summed E-state index contributed by atoms with van der Waals surface area (Å²) in [4.78, 5) is 40.6. The SMILES string of the molecule is CCOc1nc(CC)c(CCC(=O)[C@H](CC(C)C)SCCC(=O)O)n1Cc1ccc(-c2ccccc2C(=O)O)cc1F. The van der Waals surface area contributed by atoms with Crippen molar-refractivity contribution < 1.29 is 33.7 Å². The summed E-state index contributed by atoms with van der Waals surface area (Å²) in [5.74, 6) is -1.75. The Bertz CT molecular complexity index is 1400. The summed E-state index contributed by atoms with van der Waals surface area (Å²) in [5.41, 5.74) is 2.93. The van der Waals surface area contributed by atoms with Gasteiger partial charge in [0, 0.05) is 23.4 Å². The molecule has 0 radical (unpaired) electrons. The fourth-order valence-corrected chi connectivity index (χ4v) is 6.22. The first-order chi connectivity index (χ1) is 20.0. The van der Waals surface area contributed by atoms with Crippen molar-refractivity contribution >= 4 is 29.5 Å². The van der Waals surface area contributed by atoms with Crippen LogP contribution in [0.4, 0.5) is 4.39 Å². The second-order valence-electron chi connectivity index (χ2n) is 10.4. The number of ether oxygens (including phenoxy) is 1. The molecule has 0 fully saturated rings. The number of Topliss-reactive ketones (excluding diaryl/α,β-unsaturated/α-hetero) is 1. The minimum Gasteiger partial charge on any atom is -0.481 e. The molecule has 3 aromatic rings. The van der Waals surface area contributed by atoms with Crippen LogP contribution in [0.3, 0.4) is 0 Å². The van der Waals surface area contributed by atoms with E-state index in [4.69, 9.17) is 9.84 Å². The van der Waals surface area contributed by atoms with E-state index in [1.807, 2.05) is 32.3 Å². The molecule has 0 amide bonds. The first-order valence-electron chi connectivity index (χ1n) is 14.2. The van der Waals surface area contributed by atoms with Crippen molar-refractivity contribution in [1.82, 2.24) is 9.55 Å². The molecular formula is C32H39FN2O6S. The average Bonchev–Trinajstić information content (AvgIpc) is 3.27. The second kappa shape index (κ2) is 15.5. The van der Waals surface area contributed by atoms with E-state index in [0.29, 0.717) is 54.3 Å². The van der Waals surface area contributed by atoms with Gasteiger partial charge in [0.1, 0.15) is 11.6 Å². The largest absolute Gasteiger partial charge is 0.481 e. The number of hydrogen-bond donors (Lipinski definition) is 2. The first-order valence-corrected chi connectivity index (χ1v) is 15.3. The maximum absolute atomic E-state index is 15.5. The van der Waals surface area contributed by atoms with Gasteiger partial charge in [-0.15, -0.1) is 0 Å². The molecule has 0 spiro atoms. The molecule has 2 aromatic carbocycles. The van der Waals surface area contributed by atoms with Gasteiger partial charge in [-0.05, 0) is 55.4 Å². The Labute approximate surface area is 250 Å². The summed E-state index contributed by atoms with van der Waals surface area (Å²) in [5, 5.41) is 18.3. The summed E-state index contributed by atoms with van der Waals surface area (Å²) in [6, 6.07) is 11.5. The Morgan fingerprint density at radius 3 is 2.43 bits per heavy atom. The van der Waals surface area contributed by atoms with E-state index in [2.05, 4.69) is 4.98 Å². The Morgan fingerprint density at radius 2 is 1.81 bits per heavy atom. The molecule has 1 aromatic heterocycles. The molecule has 0 aliphatic heterocycles. The third kappa shape index (κ3) is 8.67. The Morgan fingerprint density at radius 1 is 1.07 bits per heavy atom. The molecule has 2 N–H and O–H groups in total. The number of aromatic carboxylic acids is 1. The van der Waals surface area contributed by atoms with E-state index in [1.165, 1.54) is 23.9 Å². The quantitative estimate of drug-likeness (QED) is 0.180. The van der Waals surface area contributed by atoms with E-state index >= 15 is 4.39 Å². The number of rotatable bonds is 17. The number of nitrogens with zero attached hydrogens (tertiary/aromatic N) is 2. The number of aromatic nitrogens is 2. The van der Waals surface area contributed by atoms with Gasteiger partial charge in [-0.25, -0.2) is 14.2 Å². The summed E-state index contributed by atoms with van der Waals surface area (Å²) in [7, 11) is 0. The van der Waals surface area contributed by atoms with Crippen LogP contribution < -0.4 is 4.74 Å². The Hall–Kier alpha value is -3.66. The van der Waals surface area contributed by atoms with Gasteiger partial charge in [-0.3, -0.25) is 14.2 Å². The molecule has 10 heteroatoms. The van der Waals surface area contributed by atoms with Gasteiger partial charge in [0.25, 0.3) is 6.01 Å². The van der Waals surface area contributed by atoms with Crippen LogP contribution in [-0.4, -0.2) is 55.1 Å². The Kier molecular flexibility index (Phi) is 12.2. The highest BCUT2D eigenvalue weighted by Gasteiger charge is 2.24. The van der Waals surface area contributed by atoms with Gasteiger partial charge >= 0.3 is 11.9 Å². The predicted octanol–water partition coefficient (Wildman–Crippen LogP) is 6.52. The standard InChI is InChI=1S/C32H39FN2O6S/c1-5-26-27(13-14-28(36)29(17-20(3)4)42-16-15-30(37)38)35(32(34-26)41-6-2)19-22-12-11-21(18-25(22)33)23-9-7-8-10-24(23)31(39)40/h7-12,18,20,29H,5-6,13-17,19H2,1-4H3,(H,37,38)(H,39,40)/t29-/m0/s1. The van der Waals surface area contributed by atoms with Gasteiger partial charge in [-0.2, -0.15) is 11.8 Å². The molecule has 1 atom stereocenters. The highest BCUT2D eigenvalue weighted by Crippen LogP contribution is 2.29. The molecule has 3 rings (SSSR count). The molecule has 0 unspecified atom stereocenters. The average molecular weight is 599 g/mol. The van der Waals surface area contributed by atoms with Crippen molar-refractivity contribution in [1.29, 1.82) is 0 Å². The highest BCUT2D eigenvalue weighted by molar-refractivity contribution is 8.00. The summed E-state index contributed by atoms with van der Waals surface area (Å²) in [6.07, 6.45) is 1.91. The number of aliphatic carboxylic acids is 1. The minimum absolute atomic E-state index is 0.00323. The van der Waals surface area contributed by atoms with Crippen molar-refractivity contribution in [2.24, 2.45) is 5.92 Å². The zero-order chi connectivity index (χ0) is 30.8. The lowest BCUT2D eigenvalue weighted by Gasteiger charge is -2.18. The molecule has 0 bridgehead atoms. The van der Waals surface area contributed by atoms with Crippen LogP contribution in [0.25, 0.3) is 11.1 Å². The molecule has 0 aliphatic carbocycles. The Balaban J connectivity index is 1.88. The molecule has 0 saturated carbocycles. The summed E-state index contributed by atoms with van der Waals surface area (Å²) < 4.78 is 23.1. The number of aryl methyl sites for hydroxylation is 1. The molecule has 8 nitrogen and oxygen atoms in total. The van der Waals surface area contributed by atoms with Gasteiger partial charge in [0.2, 0.25) is 0 Å². The topological polar surface area (TPSA) is 119 Å². The van der Waals surface area contributed by atoms with E-state index in [9.17, 15) is 19.5 Å². The van der Waals surface area contributed by atoms with Crippen LogP contribution in [0.1, 0.15) is 74.3 Å². The zero-order valence-corrected chi connectivity index (χ0v) is 25.4. The predicted molar refractivity (Wildman–Crippen MR) is 162 cm³/mol. The van der Waals surface area contributed by atoms with Gasteiger partial charge in [-0.1, -0.05) is 51.1 Å². The highest BCUT2D eigenvalue weighted by atomic mass is 32.2. The van der Waals surface area contributed by atoms with Crippen molar-refractivity contribution in [3.63, 3.8) is 0 Å². The molecule has 1 heterocycles. The van der Waals surface area contributed by atoms with Crippen LogP contribution >= 0.6 is 11.8 Å². The number of imidazole rings is 1. The van der Waals surface area contributed by atoms with Crippen LogP contribution in [0.5, 0.6) is 6.01 Å². The van der Waals surface area contributed by atoms with Gasteiger partial charge in [0.05, 0.1) is 36.1 Å². The molecule has 226 valence electrons. The van der Waals surface area contributed by atoms with Crippen LogP contribution in [0.15, 0.2) is 42.5 Å². The monoisotopic (exact) mass is 598 g/mol. The van der Waals surface area contributed by atoms with E-state index in [1.54, 1.807) is 30.3 Å². The number of ketones is 1. The van der Waals surface area contributed by atoms with Crippen molar-refractivity contribution in [2.75, 3.05) is 12.4 Å². The number of benzene rings is 2. The number of carboxylic acids is 2. The molecular weight excluding hydrogens is 559 g/mol. The molecule has 0 saturated heterocycles. The number of carboxylic acid groups (broad SMARTS) is 2. The number of hydrogen-bond acceptors (Lipinski definition) is 6. The number of carbonyl (C=O) groups is 3. The van der Waals surface area contributed by atoms with Crippen LogP contribution in [-0.2, 0) is 29.0 Å². The van der Waals surface area contributed by atoms with Crippen LogP contribution in [0, 0.1) is 11.7 Å². The number of halogens is 1. The van der Waals surface area contributed by atoms with E-state index < -0.39 is 17.8 Å². The number of thioether (sulfide) groups is 1. The lowest BCUT2D eigenvalue weighted by molar-refractivity contribution is -0.136. The fraction of sp³-hybridized carbons (Fsp3) is 0.438. The summed E-state index contributed by atoms with van der Waals surface area (Å²) >= 11 is 1.39. The lowest BCUT2D eigenvalue weighted by Crippen LogP contribution is -2.22. The van der Waals surface area contributed by atoms with Crippen molar-refractivity contribution in [3.05, 3.63) is 70.8 Å². The lowest BCUT2D eigenvalue weighted by atomic mass is 9.98. The maximum atomic E-state index is 15.5. The third-order valence-electron chi connectivity index (χ3n) is 6.87. The molecule has 42 heavy (non-hydrogen) atoms.